The number of hydrogen-bond acceptors (Lipinski definition) is 3. The number of nitrogens with zero attached hydrogens (tertiary/aromatic N) is 1. The van der Waals surface area contributed by atoms with Gasteiger partial charge in [0.2, 0.25) is 0 Å². The van der Waals surface area contributed by atoms with E-state index < -0.39 is 0 Å². The zero-order chi connectivity index (χ0) is 14.5. The summed E-state index contributed by atoms with van der Waals surface area (Å²) in [6.07, 6.45) is 4.84. The van der Waals surface area contributed by atoms with Crippen LogP contribution in [0.25, 0.3) is 0 Å². The van der Waals surface area contributed by atoms with E-state index in [1.165, 1.54) is 31.4 Å². The number of hydrogen-bond donors (Lipinski definition) is 2. The van der Waals surface area contributed by atoms with Gasteiger partial charge in [-0.05, 0) is 56.3 Å². The third-order valence-electron chi connectivity index (χ3n) is 4.75. The molecular weight excluding hydrogens is 248 g/mol. The maximum Gasteiger partial charge on any atom is 0.115 e. The fourth-order valence-electron chi connectivity index (χ4n) is 3.43. The summed E-state index contributed by atoms with van der Waals surface area (Å²) < 4.78 is 0. The van der Waals surface area contributed by atoms with Crippen LogP contribution in [0.15, 0.2) is 24.3 Å². The smallest absolute Gasteiger partial charge is 0.115 e. The van der Waals surface area contributed by atoms with Crippen molar-refractivity contribution in [1.29, 1.82) is 0 Å². The number of benzene rings is 1. The second kappa shape index (κ2) is 7.09. The van der Waals surface area contributed by atoms with Crippen molar-refractivity contribution in [3.05, 3.63) is 29.8 Å². The molecule has 0 saturated carbocycles. The summed E-state index contributed by atoms with van der Waals surface area (Å²) in [6.45, 7) is 6.51. The van der Waals surface area contributed by atoms with Crippen molar-refractivity contribution < 1.29 is 5.11 Å². The van der Waals surface area contributed by atoms with Gasteiger partial charge in [-0.2, -0.15) is 0 Å². The molecule has 3 heteroatoms. The van der Waals surface area contributed by atoms with Gasteiger partial charge in [-0.15, -0.1) is 0 Å². The fraction of sp³-hybridized carbons (Fsp3) is 0.647. The zero-order valence-electron chi connectivity index (χ0n) is 12.8. The summed E-state index contributed by atoms with van der Waals surface area (Å²) in [5, 5.41) is 9.35. The molecular formula is C17H28N2O. The summed E-state index contributed by atoms with van der Waals surface area (Å²) in [6, 6.07) is 8.61. The van der Waals surface area contributed by atoms with Crippen LogP contribution in [0.2, 0.25) is 0 Å². The van der Waals surface area contributed by atoms with Crippen molar-refractivity contribution in [2.24, 2.45) is 11.7 Å². The Labute approximate surface area is 122 Å². The molecule has 1 aromatic rings. The van der Waals surface area contributed by atoms with Crippen LogP contribution in [0.4, 0.5) is 0 Å². The number of aromatic hydroxyl groups is 1. The highest BCUT2D eigenvalue weighted by Gasteiger charge is 2.29. The normalized spacial score (nSPS) is 25.6. The van der Waals surface area contributed by atoms with Gasteiger partial charge < -0.3 is 10.8 Å². The molecule has 0 bridgehead atoms. The molecule has 1 aromatic carbocycles. The van der Waals surface area contributed by atoms with E-state index in [0.29, 0.717) is 17.8 Å². The first-order valence-electron chi connectivity index (χ1n) is 7.87. The van der Waals surface area contributed by atoms with E-state index in [2.05, 4.69) is 18.7 Å². The van der Waals surface area contributed by atoms with Crippen LogP contribution in [0.3, 0.4) is 0 Å². The first-order valence-corrected chi connectivity index (χ1v) is 7.87. The molecule has 1 aliphatic heterocycles. The first kappa shape index (κ1) is 15.3. The minimum Gasteiger partial charge on any atom is -0.508 e. The first-order chi connectivity index (χ1) is 9.63. The molecule has 1 aliphatic rings. The molecule has 1 fully saturated rings. The minimum atomic E-state index is 0.338. The third kappa shape index (κ3) is 3.74. The van der Waals surface area contributed by atoms with E-state index in [-0.39, 0.29) is 0 Å². The molecule has 112 valence electrons. The Kier molecular flexibility index (Phi) is 5.44. The summed E-state index contributed by atoms with van der Waals surface area (Å²) in [5.41, 5.74) is 7.27. The van der Waals surface area contributed by atoms with Crippen LogP contribution in [0, 0.1) is 5.92 Å². The Morgan fingerprint density at radius 1 is 1.35 bits per heavy atom. The average Bonchev–Trinajstić information content (AvgIpc) is 2.48. The summed E-state index contributed by atoms with van der Waals surface area (Å²) in [4.78, 5) is 2.58. The van der Waals surface area contributed by atoms with Crippen LogP contribution in [-0.4, -0.2) is 35.2 Å². The molecule has 3 N–H and O–H groups in total. The predicted octanol–water partition coefficient (Wildman–Crippen LogP) is 2.77. The van der Waals surface area contributed by atoms with Gasteiger partial charge in [0, 0.05) is 18.6 Å². The van der Waals surface area contributed by atoms with Crippen LogP contribution < -0.4 is 5.73 Å². The van der Waals surface area contributed by atoms with Gasteiger partial charge in [-0.25, -0.2) is 0 Å². The standard InChI is InChI=1S/C17H28N2O/c1-3-14-8-9-19(16(11-14)12-18)13(2)10-15-4-6-17(20)7-5-15/h4-7,13-14,16,20H,3,8-12,18H2,1-2H3. The van der Waals surface area contributed by atoms with Gasteiger partial charge in [0.15, 0.2) is 0 Å². The number of likely N-dealkylation sites (tertiary alicyclic amines) is 1. The van der Waals surface area contributed by atoms with Gasteiger partial charge in [0.25, 0.3) is 0 Å². The van der Waals surface area contributed by atoms with Crippen molar-refractivity contribution in [1.82, 2.24) is 4.90 Å². The Morgan fingerprint density at radius 2 is 2.05 bits per heavy atom. The van der Waals surface area contributed by atoms with Crippen LogP contribution >= 0.6 is 0 Å². The van der Waals surface area contributed by atoms with E-state index in [4.69, 9.17) is 5.73 Å². The molecule has 2 rings (SSSR count). The monoisotopic (exact) mass is 276 g/mol. The maximum atomic E-state index is 9.35. The van der Waals surface area contributed by atoms with Gasteiger partial charge in [-0.1, -0.05) is 25.5 Å². The number of phenols is 1. The number of nitrogens with two attached hydrogens (primary N) is 1. The van der Waals surface area contributed by atoms with E-state index in [1.807, 2.05) is 12.1 Å². The molecule has 3 atom stereocenters. The van der Waals surface area contributed by atoms with Gasteiger partial charge in [0.1, 0.15) is 5.75 Å². The van der Waals surface area contributed by atoms with Crippen molar-refractivity contribution in [3.8, 4) is 5.75 Å². The fourth-order valence-corrected chi connectivity index (χ4v) is 3.43. The molecule has 0 aromatic heterocycles. The van der Waals surface area contributed by atoms with Gasteiger partial charge in [0.05, 0.1) is 0 Å². The zero-order valence-corrected chi connectivity index (χ0v) is 12.8. The Balaban J connectivity index is 1.97. The quantitative estimate of drug-likeness (QED) is 0.869. The van der Waals surface area contributed by atoms with E-state index in [0.717, 1.165) is 18.9 Å². The molecule has 3 unspecified atom stereocenters. The average molecular weight is 276 g/mol. The highest BCUT2D eigenvalue weighted by molar-refractivity contribution is 5.26. The van der Waals surface area contributed by atoms with Crippen LogP contribution in [-0.2, 0) is 6.42 Å². The number of piperidine rings is 1. The predicted molar refractivity (Wildman–Crippen MR) is 83.8 cm³/mol. The largest absolute Gasteiger partial charge is 0.508 e. The van der Waals surface area contributed by atoms with Gasteiger partial charge >= 0.3 is 0 Å². The molecule has 0 spiro atoms. The third-order valence-corrected chi connectivity index (χ3v) is 4.75. The topological polar surface area (TPSA) is 49.5 Å². The highest BCUT2D eigenvalue weighted by Crippen LogP contribution is 2.27. The molecule has 20 heavy (non-hydrogen) atoms. The Morgan fingerprint density at radius 3 is 2.65 bits per heavy atom. The van der Waals surface area contributed by atoms with Gasteiger partial charge in [-0.3, -0.25) is 4.90 Å². The molecule has 3 nitrogen and oxygen atoms in total. The van der Waals surface area contributed by atoms with E-state index in [9.17, 15) is 5.11 Å². The minimum absolute atomic E-state index is 0.338. The van der Waals surface area contributed by atoms with Crippen molar-refractivity contribution in [2.75, 3.05) is 13.1 Å². The number of rotatable bonds is 5. The second-order valence-corrected chi connectivity index (χ2v) is 6.15. The molecule has 0 radical (unpaired) electrons. The summed E-state index contributed by atoms with van der Waals surface area (Å²) in [7, 11) is 0. The summed E-state index contributed by atoms with van der Waals surface area (Å²) >= 11 is 0. The second-order valence-electron chi connectivity index (χ2n) is 6.15. The van der Waals surface area contributed by atoms with Crippen LogP contribution in [0.1, 0.15) is 38.7 Å². The van der Waals surface area contributed by atoms with Crippen LogP contribution in [0.5, 0.6) is 5.75 Å². The molecule has 1 saturated heterocycles. The molecule has 1 heterocycles. The number of phenolic OH excluding ortho intramolecular Hbond substituents is 1. The Hall–Kier alpha value is -1.06. The highest BCUT2D eigenvalue weighted by atomic mass is 16.3. The lowest BCUT2D eigenvalue weighted by atomic mass is 9.87. The van der Waals surface area contributed by atoms with Crippen molar-refractivity contribution >= 4 is 0 Å². The molecule has 0 aliphatic carbocycles. The SMILES string of the molecule is CCC1CCN(C(C)Cc2ccc(O)cc2)C(CN)C1. The van der Waals surface area contributed by atoms with E-state index >= 15 is 0 Å². The van der Waals surface area contributed by atoms with Crippen molar-refractivity contribution in [3.63, 3.8) is 0 Å². The summed E-state index contributed by atoms with van der Waals surface area (Å²) in [5.74, 6) is 1.19. The molecule has 0 amide bonds. The maximum absolute atomic E-state index is 9.35. The Bertz CT molecular complexity index is 404. The lowest BCUT2D eigenvalue weighted by molar-refractivity contribution is 0.0775. The lowest BCUT2D eigenvalue weighted by Crippen LogP contribution is -2.51. The van der Waals surface area contributed by atoms with E-state index in [1.54, 1.807) is 12.1 Å². The lowest BCUT2D eigenvalue weighted by Gasteiger charge is -2.42. The van der Waals surface area contributed by atoms with Crippen molar-refractivity contribution in [2.45, 2.75) is 51.6 Å².